The van der Waals surface area contributed by atoms with Gasteiger partial charge in [-0.2, -0.15) is 0 Å². The zero-order valence-corrected chi connectivity index (χ0v) is 13.9. The van der Waals surface area contributed by atoms with E-state index in [0.717, 1.165) is 29.9 Å². The Balaban J connectivity index is 1.84. The third-order valence-corrected chi connectivity index (χ3v) is 4.48. The fraction of sp³-hybridized carbons (Fsp3) is 0.286. The van der Waals surface area contributed by atoms with Gasteiger partial charge in [0.05, 0.1) is 6.61 Å². The summed E-state index contributed by atoms with van der Waals surface area (Å²) < 4.78 is 5.70. The van der Waals surface area contributed by atoms with Gasteiger partial charge in [0.15, 0.2) is 5.78 Å². The minimum atomic E-state index is 0.0229. The van der Waals surface area contributed by atoms with Crippen molar-refractivity contribution in [3.8, 4) is 5.75 Å². The van der Waals surface area contributed by atoms with Crippen molar-refractivity contribution in [1.29, 1.82) is 0 Å². The molecule has 1 aliphatic rings. The number of hydrogen-bond donors (Lipinski definition) is 0. The number of aryl methyl sites for hydroxylation is 1. The highest BCUT2D eigenvalue weighted by molar-refractivity contribution is 6.07. The molecule has 0 N–H and O–H groups in total. The summed E-state index contributed by atoms with van der Waals surface area (Å²) >= 11 is 0. The van der Waals surface area contributed by atoms with Gasteiger partial charge < -0.3 is 4.74 Å². The van der Waals surface area contributed by atoms with Crippen LogP contribution in [-0.2, 0) is 5.41 Å². The van der Waals surface area contributed by atoms with E-state index in [4.69, 9.17) is 4.74 Å². The third kappa shape index (κ3) is 3.37. The third-order valence-electron chi connectivity index (χ3n) is 4.48. The topological polar surface area (TPSA) is 26.3 Å². The monoisotopic (exact) mass is 306 g/mol. The predicted molar refractivity (Wildman–Crippen MR) is 94.1 cm³/mol. The second-order valence-corrected chi connectivity index (χ2v) is 6.80. The molecule has 1 aliphatic heterocycles. The van der Waals surface area contributed by atoms with Gasteiger partial charge in [0.25, 0.3) is 0 Å². The Kier molecular flexibility index (Phi) is 4.08. The quantitative estimate of drug-likeness (QED) is 0.592. The van der Waals surface area contributed by atoms with Crippen LogP contribution in [0.2, 0.25) is 0 Å². The first kappa shape index (κ1) is 15.5. The van der Waals surface area contributed by atoms with Gasteiger partial charge in [-0.15, -0.1) is 0 Å². The lowest BCUT2D eigenvalue weighted by atomic mass is 9.79. The molecule has 0 radical (unpaired) electrons. The van der Waals surface area contributed by atoms with E-state index in [2.05, 4.69) is 20.8 Å². The summed E-state index contributed by atoms with van der Waals surface area (Å²) in [6.45, 7) is 7.19. The van der Waals surface area contributed by atoms with Crippen LogP contribution in [0.3, 0.4) is 0 Å². The summed E-state index contributed by atoms with van der Waals surface area (Å²) in [7, 11) is 0. The molecule has 0 bridgehead atoms. The lowest BCUT2D eigenvalue weighted by molar-refractivity contribution is 0.104. The van der Waals surface area contributed by atoms with Crippen LogP contribution in [0.25, 0.3) is 6.08 Å². The Bertz CT molecular complexity index is 752. The van der Waals surface area contributed by atoms with Crippen LogP contribution in [0.4, 0.5) is 0 Å². The van der Waals surface area contributed by atoms with Crippen LogP contribution in [0, 0.1) is 6.92 Å². The molecule has 2 heteroatoms. The molecule has 2 aromatic rings. The van der Waals surface area contributed by atoms with Crippen LogP contribution in [0.5, 0.6) is 5.75 Å². The summed E-state index contributed by atoms with van der Waals surface area (Å²) in [6.07, 6.45) is 4.47. The molecule has 0 aromatic heterocycles. The number of carbonyl (C=O) groups is 1. The molecule has 0 amide bonds. The number of benzene rings is 2. The Labute approximate surface area is 137 Å². The van der Waals surface area contributed by atoms with E-state index in [0.29, 0.717) is 5.56 Å². The van der Waals surface area contributed by atoms with Crippen molar-refractivity contribution in [2.45, 2.75) is 32.6 Å². The van der Waals surface area contributed by atoms with E-state index in [1.165, 1.54) is 5.56 Å². The largest absolute Gasteiger partial charge is 0.493 e. The minimum absolute atomic E-state index is 0.0229. The van der Waals surface area contributed by atoms with Crippen molar-refractivity contribution in [2.24, 2.45) is 0 Å². The standard InChI is InChI=1S/C21H22O2/c1-15-4-6-16(7-5-15)8-10-19(22)17-9-11-20-18(14-17)21(2,3)12-13-23-20/h4-11,14H,12-13H2,1-3H3/b10-8+. The highest BCUT2D eigenvalue weighted by Crippen LogP contribution is 2.38. The lowest BCUT2D eigenvalue weighted by Crippen LogP contribution is -2.26. The van der Waals surface area contributed by atoms with Crippen molar-refractivity contribution in [3.63, 3.8) is 0 Å². The first-order valence-electron chi connectivity index (χ1n) is 8.02. The number of rotatable bonds is 3. The van der Waals surface area contributed by atoms with Gasteiger partial charge in [0.2, 0.25) is 0 Å². The van der Waals surface area contributed by atoms with E-state index in [9.17, 15) is 4.79 Å². The number of fused-ring (bicyclic) bond motifs is 1. The van der Waals surface area contributed by atoms with Crippen LogP contribution < -0.4 is 4.74 Å². The molecule has 0 saturated heterocycles. The van der Waals surface area contributed by atoms with Crippen molar-refractivity contribution in [1.82, 2.24) is 0 Å². The molecule has 0 aliphatic carbocycles. The molecular formula is C21H22O2. The molecule has 0 fully saturated rings. The van der Waals surface area contributed by atoms with Crippen molar-refractivity contribution >= 4 is 11.9 Å². The molecule has 0 unspecified atom stereocenters. The summed E-state index contributed by atoms with van der Waals surface area (Å²) in [5.41, 5.74) is 4.13. The van der Waals surface area contributed by atoms with E-state index in [1.54, 1.807) is 6.08 Å². The molecule has 3 rings (SSSR count). The Hall–Kier alpha value is -2.35. The summed E-state index contributed by atoms with van der Waals surface area (Å²) in [6, 6.07) is 13.9. The first-order chi connectivity index (χ1) is 11.0. The normalized spacial score (nSPS) is 16.0. The maximum absolute atomic E-state index is 12.5. The molecule has 118 valence electrons. The van der Waals surface area contributed by atoms with Crippen molar-refractivity contribution in [3.05, 3.63) is 70.8 Å². The number of hydrogen-bond acceptors (Lipinski definition) is 2. The maximum atomic E-state index is 12.5. The molecular weight excluding hydrogens is 284 g/mol. The fourth-order valence-corrected chi connectivity index (χ4v) is 2.83. The number of ketones is 1. The number of allylic oxidation sites excluding steroid dienone is 1. The van der Waals surface area contributed by atoms with E-state index >= 15 is 0 Å². The van der Waals surface area contributed by atoms with Gasteiger partial charge in [-0.05, 0) is 48.6 Å². The van der Waals surface area contributed by atoms with Crippen LogP contribution in [0.1, 0.15) is 47.3 Å². The van der Waals surface area contributed by atoms with E-state index in [1.807, 2.05) is 48.5 Å². The van der Waals surface area contributed by atoms with Gasteiger partial charge in [-0.1, -0.05) is 49.8 Å². The zero-order valence-electron chi connectivity index (χ0n) is 13.9. The molecule has 0 saturated carbocycles. The average Bonchev–Trinajstić information content (AvgIpc) is 2.53. The number of carbonyl (C=O) groups excluding carboxylic acids is 1. The van der Waals surface area contributed by atoms with E-state index in [-0.39, 0.29) is 11.2 Å². The van der Waals surface area contributed by atoms with E-state index < -0.39 is 0 Å². The van der Waals surface area contributed by atoms with Crippen molar-refractivity contribution in [2.75, 3.05) is 6.61 Å². The second kappa shape index (κ2) is 6.04. The Morgan fingerprint density at radius 2 is 1.87 bits per heavy atom. The van der Waals surface area contributed by atoms with Crippen molar-refractivity contribution < 1.29 is 9.53 Å². The van der Waals surface area contributed by atoms with Crippen LogP contribution in [0.15, 0.2) is 48.5 Å². The molecule has 1 heterocycles. The van der Waals surface area contributed by atoms with Gasteiger partial charge in [0.1, 0.15) is 5.75 Å². The predicted octanol–water partition coefficient (Wildman–Crippen LogP) is 4.95. The molecule has 23 heavy (non-hydrogen) atoms. The highest BCUT2D eigenvalue weighted by atomic mass is 16.5. The lowest BCUT2D eigenvalue weighted by Gasteiger charge is -2.32. The van der Waals surface area contributed by atoms with Gasteiger partial charge in [-0.3, -0.25) is 4.79 Å². The van der Waals surface area contributed by atoms with Gasteiger partial charge in [-0.25, -0.2) is 0 Å². The minimum Gasteiger partial charge on any atom is -0.493 e. The highest BCUT2D eigenvalue weighted by Gasteiger charge is 2.29. The van der Waals surface area contributed by atoms with Crippen LogP contribution >= 0.6 is 0 Å². The van der Waals surface area contributed by atoms with Gasteiger partial charge >= 0.3 is 0 Å². The molecule has 2 aromatic carbocycles. The van der Waals surface area contributed by atoms with Gasteiger partial charge in [0, 0.05) is 11.1 Å². The Morgan fingerprint density at radius 1 is 1.13 bits per heavy atom. The zero-order chi connectivity index (χ0) is 16.4. The summed E-state index contributed by atoms with van der Waals surface area (Å²) in [5.74, 6) is 0.926. The average molecular weight is 306 g/mol. The summed E-state index contributed by atoms with van der Waals surface area (Å²) in [5, 5.41) is 0. The number of ether oxygens (including phenoxy) is 1. The second-order valence-electron chi connectivity index (χ2n) is 6.80. The molecule has 0 spiro atoms. The molecule has 2 nitrogen and oxygen atoms in total. The maximum Gasteiger partial charge on any atom is 0.185 e. The summed E-state index contributed by atoms with van der Waals surface area (Å²) in [4.78, 5) is 12.5. The first-order valence-corrected chi connectivity index (χ1v) is 8.02. The Morgan fingerprint density at radius 3 is 2.61 bits per heavy atom. The fourth-order valence-electron chi connectivity index (χ4n) is 2.83. The van der Waals surface area contributed by atoms with Crippen LogP contribution in [-0.4, -0.2) is 12.4 Å². The smallest absolute Gasteiger partial charge is 0.185 e. The SMILES string of the molecule is Cc1ccc(/C=C/C(=O)c2ccc3c(c2)C(C)(C)CCO3)cc1. The molecule has 0 atom stereocenters.